The first-order chi connectivity index (χ1) is 10.9. The average Bonchev–Trinajstić information content (AvgIpc) is 2.96. The molecule has 7 heteroatoms. The van der Waals surface area contributed by atoms with Gasteiger partial charge in [-0.3, -0.25) is 0 Å². The van der Waals surface area contributed by atoms with Crippen LogP contribution >= 0.6 is 0 Å². The fraction of sp³-hybridized carbons (Fsp3) is 0.625. The third-order valence-corrected chi connectivity index (χ3v) is 3.23. The van der Waals surface area contributed by atoms with Crippen LogP contribution in [0.25, 0.3) is 0 Å². The molecule has 0 radical (unpaired) electrons. The molecule has 132 valence electrons. The van der Waals surface area contributed by atoms with Crippen LogP contribution in [0.5, 0.6) is 0 Å². The number of hydrogen-bond acceptors (Lipinski definition) is 5. The van der Waals surface area contributed by atoms with Crippen molar-refractivity contribution in [3.63, 3.8) is 0 Å². The summed E-state index contributed by atoms with van der Waals surface area (Å²) in [6.07, 6.45) is 11.2. The topological polar surface area (TPSA) is 140 Å². The van der Waals surface area contributed by atoms with E-state index < -0.39 is 17.7 Å². The van der Waals surface area contributed by atoms with E-state index in [4.69, 9.17) is 21.7 Å². The number of hydrogen-bond donors (Lipinski definition) is 4. The van der Waals surface area contributed by atoms with Crippen molar-refractivity contribution in [3.8, 4) is 0 Å². The fourth-order valence-corrected chi connectivity index (χ4v) is 1.98. The first-order valence-electron chi connectivity index (χ1n) is 7.95. The number of rotatable bonds is 10. The number of carbonyl (C=O) groups is 2. The van der Waals surface area contributed by atoms with E-state index in [1.807, 2.05) is 0 Å². The van der Waals surface area contributed by atoms with Gasteiger partial charge in [0.1, 0.15) is 5.56 Å². The van der Waals surface area contributed by atoms with E-state index in [1.54, 1.807) is 0 Å². The Bertz CT molecular complexity index is 429. The molecule has 7 nitrogen and oxygen atoms in total. The second-order valence-electron chi connectivity index (χ2n) is 5.35. The van der Waals surface area contributed by atoms with Crippen LogP contribution in [0.3, 0.4) is 0 Å². The highest BCUT2D eigenvalue weighted by molar-refractivity contribution is 5.99. The van der Waals surface area contributed by atoms with E-state index in [9.17, 15) is 9.59 Å². The maximum Gasteiger partial charge on any atom is 0.372 e. The summed E-state index contributed by atoms with van der Waals surface area (Å²) in [6.45, 7) is 2.24. The molecule has 0 aliphatic heterocycles. The predicted octanol–water partition coefficient (Wildman–Crippen LogP) is 3.05. The molecule has 0 saturated carbocycles. The van der Waals surface area contributed by atoms with Crippen LogP contribution in [0.2, 0.25) is 0 Å². The maximum atomic E-state index is 10.3. The van der Waals surface area contributed by atoms with E-state index in [0.29, 0.717) is 0 Å². The van der Waals surface area contributed by atoms with E-state index in [1.165, 1.54) is 44.9 Å². The lowest BCUT2D eigenvalue weighted by molar-refractivity contribution is 0.0626. The van der Waals surface area contributed by atoms with Crippen LogP contribution in [0.1, 0.15) is 79.2 Å². The molecular weight excluding hydrogens is 300 g/mol. The first-order valence-corrected chi connectivity index (χ1v) is 7.95. The van der Waals surface area contributed by atoms with Crippen LogP contribution in [0.15, 0.2) is 16.7 Å². The van der Waals surface area contributed by atoms with Gasteiger partial charge in [-0.2, -0.15) is 0 Å². The summed E-state index contributed by atoms with van der Waals surface area (Å²) >= 11 is 0. The van der Waals surface area contributed by atoms with Gasteiger partial charge in [-0.25, -0.2) is 9.59 Å². The van der Waals surface area contributed by atoms with Crippen molar-refractivity contribution in [1.82, 2.24) is 0 Å². The summed E-state index contributed by atoms with van der Waals surface area (Å²) in [5, 5.41) is 16.7. The van der Waals surface area contributed by atoms with Gasteiger partial charge in [0.25, 0.3) is 0 Å². The highest BCUT2D eigenvalue weighted by Crippen LogP contribution is 2.09. The minimum absolute atomic E-state index is 0.0966. The molecule has 1 aromatic heterocycles. The number of carboxylic acid groups (broad SMARTS) is 2. The van der Waals surface area contributed by atoms with E-state index in [-0.39, 0.29) is 11.7 Å². The highest BCUT2D eigenvalue weighted by atomic mass is 16.4. The molecule has 6 N–H and O–H groups in total. The van der Waals surface area contributed by atoms with E-state index >= 15 is 0 Å². The van der Waals surface area contributed by atoms with Crippen LogP contribution in [-0.4, -0.2) is 28.3 Å². The second-order valence-corrected chi connectivity index (χ2v) is 5.35. The lowest BCUT2D eigenvalue weighted by Crippen LogP contribution is -2.29. The van der Waals surface area contributed by atoms with Crippen LogP contribution in [0, 0.1) is 0 Å². The normalized spacial score (nSPS) is 10.3. The van der Waals surface area contributed by atoms with Crippen LogP contribution in [-0.2, 0) is 0 Å². The molecule has 0 unspecified atom stereocenters. The number of carboxylic acids is 2. The Morgan fingerprint density at radius 2 is 1.61 bits per heavy atom. The average molecular weight is 328 g/mol. The van der Waals surface area contributed by atoms with Crippen LogP contribution < -0.4 is 11.5 Å². The van der Waals surface area contributed by atoms with Crippen molar-refractivity contribution < 1.29 is 24.2 Å². The molecule has 1 heterocycles. The van der Waals surface area contributed by atoms with Gasteiger partial charge < -0.3 is 26.1 Å². The fourth-order valence-electron chi connectivity index (χ4n) is 1.98. The van der Waals surface area contributed by atoms with Gasteiger partial charge in [-0.05, 0) is 12.5 Å². The molecule has 0 spiro atoms. The lowest BCUT2D eigenvalue weighted by Gasteiger charge is -2.04. The molecule has 1 rings (SSSR count). The van der Waals surface area contributed by atoms with Crippen molar-refractivity contribution in [3.05, 3.63) is 23.7 Å². The van der Waals surface area contributed by atoms with Gasteiger partial charge >= 0.3 is 11.9 Å². The smallest absolute Gasteiger partial charge is 0.372 e. The van der Waals surface area contributed by atoms with E-state index in [2.05, 4.69) is 11.3 Å². The molecule has 0 atom stereocenters. The quantitative estimate of drug-likeness (QED) is 0.382. The first kappa shape index (κ1) is 21.1. The zero-order chi connectivity index (χ0) is 17.7. The Hall–Kier alpha value is -1.86. The summed E-state index contributed by atoms with van der Waals surface area (Å²) in [6, 6.07) is 1.09. The summed E-state index contributed by atoms with van der Waals surface area (Å²) in [4.78, 5) is 20.5. The van der Waals surface area contributed by atoms with Gasteiger partial charge in [-0.1, -0.05) is 51.9 Å². The van der Waals surface area contributed by atoms with Crippen molar-refractivity contribution in [2.75, 3.05) is 0 Å². The number of unbranched alkanes of at least 4 members (excludes halogenated alkanes) is 6. The number of nitrogens with two attached hydrogens (primary N) is 2. The molecule has 0 amide bonds. The minimum atomic E-state index is -1.38. The zero-order valence-corrected chi connectivity index (χ0v) is 13.7. The Kier molecular flexibility index (Phi) is 11.6. The van der Waals surface area contributed by atoms with E-state index in [0.717, 1.165) is 18.8 Å². The predicted molar refractivity (Wildman–Crippen MR) is 87.4 cm³/mol. The van der Waals surface area contributed by atoms with Gasteiger partial charge in [0, 0.05) is 0 Å². The van der Waals surface area contributed by atoms with Gasteiger partial charge in [0.2, 0.25) is 5.76 Å². The molecule has 0 bridgehead atoms. The number of aromatic carboxylic acids is 2. The molecule has 0 aliphatic carbocycles. The van der Waals surface area contributed by atoms with Crippen molar-refractivity contribution >= 4 is 11.9 Å². The van der Waals surface area contributed by atoms with Gasteiger partial charge in [-0.15, -0.1) is 0 Å². The maximum absolute atomic E-state index is 10.3. The molecule has 0 saturated heterocycles. The Labute approximate surface area is 136 Å². The van der Waals surface area contributed by atoms with Crippen molar-refractivity contribution in [2.45, 2.75) is 64.5 Å². The van der Waals surface area contributed by atoms with Crippen molar-refractivity contribution in [1.29, 1.82) is 0 Å². The molecule has 1 aromatic rings. The molecule has 0 aromatic carbocycles. The van der Waals surface area contributed by atoms with Gasteiger partial charge in [0.15, 0.2) is 0 Å². The Morgan fingerprint density at radius 1 is 1.04 bits per heavy atom. The molecular formula is C16H28N2O5. The lowest BCUT2D eigenvalue weighted by atomic mass is 10.1. The molecule has 0 aliphatic rings. The molecule has 23 heavy (non-hydrogen) atoms. The summed E-state index contributed by atoms with van der Waals surface area (Å²) in [7, 11) is 0. The summed E-state index contributed by atoms with van der Waals surface area (Å²) in [5.41, 5.74) is 10.5. The highest BCUT2D eigenvalue weighted by Gasteiger charge is 2.18. The van der Waals surface area contributed by atoms with Crippen LogP contribution in [0.4, 0.5) is 0 Å². The SMILES string of the molecule is CCCCCCCCCC(N)N.O=C(O)c1ccoc1C(=O)O. The zero-order valence-electron chi connectivity index (χ0n) is 13.7. The number of furan rings is 1. The molecule has 0 fully saturated rings. The van der Waals surface area contributed by atoms with Gasteiger partial charge in [0.05, 0.1) is 12.4 Å². The summed E-state index contributed by atoms with van der Waals surface area (Å²) in [5.74, 6) is -3.24. The standard InChI is InChI=1S/C10H24N2.C6H4O5/c1-2-3-4-5-6-7-8-9-10(11)12;7-5(8)3-1-2-11-4(3)6(9)10/h10H,2-9,11-12H2,1H3;1-2H,(H,7,8)(H,9,10). The Balaban J connectivity index is 0.000000422. The summed E-state index contributed by atoms with van der Waals surface area (Å²) < 4.78 is 4.41. The second kappa shape index (κ2) is 12.7. The minimum Gasteiger partial charge on any atom is -0.478 e. The third-order valence-electron chi connectivity index (χ3n) is 3.23. The Morgan fingerprint density at radius 3 is 2.04 bits per heavy atom. The third kappa shape index (κ3) is 10.5. The monoisotopic (exact) mass is 328 g/mol. The van der Waals surface area contributed by atoms with Crippen molar-refractivity contribution in [2.24, 2.45) is 11.5 Å². The largest absolute Gasteiger partial charge is 0.478 e.